The van der Waals surface area contributed by atoms with E-state index in [0.29, 0.717) is 34.8 Å². The molecule has 0 atom stereocenters. The highest BCUT2D eigenvalue weighted by Gasteiger charge is 2.31. The Bertz CT molecular complexity index is 1410. The predicted molar refractivity (Wildman–Crippen MR) is 127 cm³/mol. The van der Waals surface area contributed by atoms with Crippen LogP contribution in [0.4, 0.5) is 32.0 Å². The number of anilines is 1. The van der Waals surface area contributed by atoms with Gasteiger partial charge in [-0.1, -0.05) is 24.3 Å². The molecule has 0 aliphatic heterocycles. The number of rotatable bonds is 6. The van der Waals surface area contributed by atoms with Gasteiger partial charge in [0.15, 0.2) is 22.6 Å². The average Bonchev–Trinajstić information content (AvgIpc) is 3.32. The van der Waals surface area contributed by atoms with E-state index in [4.69, 9.17) is 12.2 Å². The highest BCUT2D eigenvalue weighted by molar-refractivity contribution is 7.80. The molecule has 0 aliphatic rings. The van der Waals surface area contributed by atoms with E-state index in [-0.39, 0.29) is 10.9 Å². The maximum Gasteiger partial charge on any atom is 0.573 e. The van der Waals surface area contributed by atoms with Crippen molar-refractivity contribution in [3.63, 3.8) is 0 Å². The first-order valence-electron chi connectivity index (χ1n) is 10.2. The summed E-state index contributed by atoms with van der Waals surface area (Å²) in [6.07, 6.45) is -1.97. The highest BCUT2D eigenvalue weighted by atomic mass is 32.1. The molecule has 37 heavy (non-hydrogen) atoms. The first-order chi connectivity index (χ1) is 17.6. The van der Waals surface area contributed by atoms with Crippen molar-refractivity contribution < 1.29 is 31.1 Å². The van der Waals surface area contributed by atoms with E-state index in [2.05, 4.69) is 30.7 Å². The van der Waals surface area contributed by atoms with Gasteiger partial charge in [0.25, 0.3) is 0 Å². The fraction of sp³-hybridized carbons (Fsp3) is 0.0435. The lowest BCUT2D eigenvalue weighted by Crippen LogP contribution is -2.25. The van der Waals surface area contributed by atoms with E-state index in [1.807, 2.05) is 0 Å². The van der Waals surface area contributed by atoms with Gasteiger partial charge in [-0.3, -0.25) is 5.43 Å². The van der Waals surface area contributed by atoms with Gasteiger partial charge in [0.2, 0.25) is 0 Å². The minimum absolute atomic E-state index is 0.218. The standard InChI is InChI=1S/C23H14F6N6OS/c24-15-9-18(25)20(19(26)10-15)32-22(37)33-31-11-13-1-3-14(4-2-13)21-30-12-35(34-21)16-5-7-17(8-6-16)36-23(27,28)29/h1-12H,(H2,32,33,37). The number of nitrogens with zero attached hydrogens (tertiary/aromatic N) is 4. The zero-order chi connectivity index (χ0) is 26.6. The van der Waals surface area contributed by atoms with Gasteiger partial charge < -0.3 is 10.1 Å². The average molecular weight is 536 g/mol. The van der Waals surface area contributed by atoms with Crippen LogP contribution in [-0.2, 0) is 0 Å². The minimum atomic E-state index is -4.78. The second kappa shape index (κ2) is 10.7. The number of benzene rings is 3. The lowest BCUT2D eigenvalue weighted by Gasteiger charge is -2.09. The monoisotopic (exact) mass is 536 g/mol. The molecule has 0 saturated carbocycles. The van der Waals surface area contributed by atoms with Crippen molar-refractivity contribution >= 4 is 29.2 Å². The van der Waals surface area contributed by atoms with Crippen molar-refractivity contribution in [1.29, 1.82) is 0 Å². The molecule has 4 rings (SSSR count). The molecule has 190 valence electrons. The van der Waals surface area contributed by atoms with Crippen LogP contribution in [0.1, 0.15) is 5.56 Å². The number of alkyl halides is 3. The lowest BCUT2D eigenvalue weighted by molar-refractivity contribution is -0.274. The Morgan fingerprint density at radius 1 is 0.973 bits per heavy atom. The van der Waals surface area contributed by atoms with E-state index in [1.54, 1.807) is 24.3 Å². The Morgan fingerprint density at radius 3 is 2.24 bits per heavy atom. The molecule has 2 N–H and O–H groups in total. The molecule has 0 fully saturated rings. The van der Waals surface area contributed by atoms with Gasteiger partial charge in [0.1, 0.15) is 23.6 Å². The molecule has 0 radical (unpaired) electrons. The first-order valence-corrected chi connectivity index (χ1v) is 10.6. The Balaban J connectivity index is 1.35. The quantitative estimate of drug-likeness (QED) is 0.145. The number of halogens is 6. The number of hydrogen-bond donors (Lipinski definition) is 2. The summed E-state index contributed by atoms with van der Waals surface area (Å²) < 4.78 is 82.5. The van der Waals surface area contributed by atoms with Crippen molar-refractivity contribution in [2.24, 2.45) is 5.10 Å². The van der Waals surface area contributed by atoms with Crippen LogP contribution in [0.5, 0.6) is 5.75 Å². The summed E-state index contributed by atoms with van der Waals surface area (Å²) in [6, 6.07) is 13.0. The van der Waals surface area contributed by atoms with Gasteiger partial charge in [-0.25, -0.2) is 22.8 Å². The van der Waals surface area contributed by atoms with Crippen LogP contribution in [0.3, 0.4) is 0 Å². The van der Waals surface area contributed by atoms with Crippen LogP contribution < -0.4 is 15.5 Å². The van der Waals surface area contributed by atoms with Crippen molar-refractivity contribution in [3.05, 3.63) is 90.0 Å². The van der Waals surface area contributed by atoms with Gasteiger partial charge >= 0.3 is 6.36 Å². The van der Waals surface area contributed by atoms with Gasteiger partial charge in [-0.15, -0.1) is 18.3 Å². The van der Waals surface area contributed by atoms with Crippen molar-refractivity contribution in [1.82, 2.24) is 20.2 Å². The molecule has 0 unspecified atom stereocenters. The molecule has 3 aromatic carbocycles. The number of hydrogen-bond acceptors (Lipinski definition) is 5. The summed E-state index contributed by atoms with van der Waals surface area (Å²) in [5.41, 5.74) is 3.55. The maximum atomic E-state index is 13.7. The Hall–Kier alpha value is -4.46. The SMILES string of the molecule is Fc1cc(F)c(NC(=S)NN=Cc2ccc(-c3ncn(-c4ccc(OC(F)(F)F)cc4)n3)cc2)c(F)c1. The van der Waals surface area contributed by atoms with Gasteiger partial charge in [0, 0.05) is 17.7 Å². The number of ether oxygens (including phenoxy) is 1. The van der Waals surface area contributed by atoms with Gasteiger partial charge in [-0.2, -0.15) is 5.10 Å². The third-order valence-electron chi connectivity index (χ3n) is 4.62. The minimum Gasteiger partial charge on any atom is -0.406 e. The summed E-state index contributed by atoms with van der Waals surface area (Å²) >= 11 is 4.92. The molecular weight excluding hydrogens is 522 g/mol. The Labute approximate surface area is 210 Å². The summed E-state index contributed by atoms with van der Waals surface area (Å²) in [6.45, 7) is 0. The molecular formula is C23H14F6N6OS. The summed E-state index contributed by atoms with van der Waals surface area (Å²) in [5.74, 6) is -3.34. The normalized spacial score (nSPS) is 11.5. The van der Waals surface area contributed by atoms with E-state index in [9.17, 15) is 26.3 Å². The highest BCUT2D eigenvalue weighted by Crippen LogP contribution is 2.24. The second-order valence-electron chi connectivity index (χ2n) is 7.25. The van der Waals surface area contributed by atoms with Gasteiger partial charge in [-0.05, 0) is 42.0 Å². The maximum absolute atomic E-state index is 13.7. The largest absolute Gasteiger partial charge is 0.573 e. The smallest absolute Gasteiger partial charge is 0.406 e. The van der Waals surface area contributed by atoms with Crippen molar-refractivity contribution in [3.8, 4) is 22.8 Å². The van der Waals surface area contributed by atoms with Gasteiger partial charge in [0.05, 0.1) is 11.9 Å². The van der Waals surface area contributed by atoms with E-state index < -0.39 is 29.5 Å². The first kappa shape index (κ1) is 25.6. The van der Waals surface area contributed by atoms with Crippen LogP contribution >= 0.6 is 12.2 Å². The third-order valence-corrected chi connectivity index (χ3v) is 4.81. The number of nitrogens with one attached hydrogen (secondary N) is 2. The van der Waals surface area contributed by atoms with Crippen LogP contribution in [0.25, 0.3) is 17.1 Å². The number of aromatic nitrogens is 3. The number of thiocarbonyl (C=S) groups is 1. The molecule has 1 heterocycles. The predicted octanol–water partition coefficient (Wildman–Crippen LogP) is 5.57. The summed E-state index contributed by atoms with van der Waals surface area (Å²) in [5, 5.41) is 10.2. The molecule has 0 spiro atoms. The molecule has 14 heteroatoms. The fourth-order valence-electron chi connectivity index (χ4n) is 3.01. The molecule has 7 nitrogen and oxygen atoms in total. The molecule has 0 bridgehead atoms. The zero-order valence-corrected chi connectivity index (χ0v) is 19.1. The second-order valence-corrected chi connectivity index (χ2v) is 7.65. The molecule has 1 aromatic heterocycles. The van der Waals surface area contributed by atoms with E-state index in [1.165, 1.54) is 41.5 Å². The molecule has 0 saturated heterocycles. The van der Waals surface area contributed by atoms with Crippen LogP contribution in [0, 0.1) is 17.5 Å². The number of hydrazone groups is 1. The van der Waals surface area contributed by atoms with E-state index in [0.717, 1.165) is 0 Å². The zero-order valence-electron chi connectivity index (χ0n) is 18.3. The van der Waals surface area contributed by atoms with Crippen LogP contribution in [0.2, 0.25) is 0 Å². The van der Waals surface area contributed by atoms with Crippen molar-refractivity contribution in [2.45, 2.75) is 6.36 Å². The molecule has 0 aliphatic carbocycles. The summed E-state index contributed by atoms with van der Waals surface area (Å²) in [7, 11) is 0. The Morgan fingerprint density at radius 2 is 1.62 bits per heavy atom. The van der Waals surface area contributed by atoms with Crippen molar-refractivity contribution in [2.75, 3.05) is 5.32 Å². The van der Waals surface area contributed by atoms with Crippen LogP contribution in [-0.4, -0.2) is 32.5 Å². The topological polar surface area (TPSA) is 76.4 Å². The fourth-order valence-corrected chi connectivity index (χ4v) is 3.16. The molecule has 0 amide bonds. The van der Waals surface area contributed by atoms with Crippen LogP contribution in [0.15, 0.2) is 72.1 Å². The Kier molecular flexibility index (Phi) is 7.38. The van der Waals surface area contributed by atoms with E-state index >= 15 is 0 Å². The third kappa shape index (κ3) is 6.82. The summed E-state index contributed by atoms with van der Waals surface area (Å²) in [4.78, 5) is 4.20. The lowest BCUT2D eigenvalue weighted by atomic mass is 10.1. The molecule has 4 aromatic rings.